The monoisotopic (exact) mass is 489 g/mol. The minimum atomic E-state index is -4.87. The summed E-state index contributed by atoms with van der Waals surface area (Å²) in [6.07, 6.45) is -4.16. The Hall–Kier alpha value is -2.90. The zero-order valence-electron chi connectivity index (χ0n) is 17.0. The smallest absolute Gasteiger partial charge is 0.417 e. The van der Waals surface area contributed by atoms with E-state index < -0.39 is 26.5 Å². The van der Waals surface area contributed by atoms with Gasteiger partial charge in [0.05, 0.1) is 41.9 Å². The molecular formula is C19H18F3N3O5S2. The molecule has 0 spiro atoms. The predicted molar refractivity (Wildman–Crippen MR) is 112 cm³/mol. The molecule has 13 heteroatoms. The molecule has 2 heterocycles. The second-order valence-electron chi connectivity index (χ2n) is 6.50. The first kappa shape index (κ1) is 23.8. The third kappa shape index (κ3) is 5.11. The third-order valence-corrected chi connectivity index (χ3v) is 6.36. The molecule has 1 aromatic carbocycles. The molecule has 172 valence electrons. The van der Waals surface area contributed by atoms with E-state index in [0.717, 1.165) is 17.4 Å². The summed E-state index contributed by atoms with van der Waals surface area (Å²) in [5.74, 6) is 0.494. The van der Waals surface area contributed by atoms with E-state index in [9.17, 15) is 26.7 Å². The van der Waals surface area contributed by atoms with Gasteiger partial charge < -0.3 is 19.9 Å². The highest BCUT2D eigenvalue weighted by molar-refractivity contribution is 7.90. The molecule has 2 N–H and O–H groups in total. The fourth-order valence-electron chi connectivity index (χ4n) is 2.84. The number of halogens is 3. The van der Waals surface area contributed by atoms with Crippen molar-refractivity contribution in [2.24, 2.45) is 0 Å². The lowest BCUT2D eigenvalue weighted by atomic mass is 10.1. The topological polar surface area (TPSA) is 111 Å². The van der Waals surface area contributed by atoms with Crippen LogP contribution in [0.25, 0.3) is 11.3 Å². The summed E-state index contributed by atoms with van der Waals surface area (Å²) in [5, 5.41) is 12.7. The Morgan fingerprint density at radius 1 is 1.09 bits per heavy atom. The average Bonchev–Trinajstić information content (AvgIpc) is 3.14. The minimum absolute atomic E-state index is 0.0144. The lowest BCUT2D eigenvalue weighted by Gasteiger charge is -2.13. The number of benzene rings is 1. The van der Waals surface area contributed by atoms with Crippen LogP contribution in [0.4, 0.5) is 24.0 Å². The normalized spacial score (nSPS) is 12.0. The molecule has 3 rings (SSSR count). The van der Waals surface area contributed by atoms with E-state index in [-0.39, 0.29) is 29.2 Å². The van der Waals surface area contributed by atoms with Gasteiger partial charge in [0.2, 0.25) is 11.8 Å². The number of rotatable bonds is 7. The summed E-state index contributed by atoms with van der Waals surface area (Å²) in [6, 6.07) is 5.95. The number of nitrogens with zero attached hydrogens (tertiary/aromatic N) is 2. The molecule has 0 aliphatic rings. The Bertz CT molecular complexity index is 1220. The highest BCUT2D eigenvalue weighted by atomic mass is 32.2. The molecule has 0 radical (unpaired) electrons. The fraction of sp³-hybridized carbons (Fsp3) is 0.263. The first-order valence-electron chi connectivity index (χ1n) is 8.85. The van der Waals surface area contributed by atoms with Crippen LogP contribution in [0.5, 0.6) is 11.8 Å². The highest BCUT2D eigenvalue weighted by Gasteiger charge is 2.36. The molecule has 2 aromatic heterocycles. The quantitative estimate of drug-likeness (QED) is 0.515. The zero-order chi connectivity index (χ0) is 23.7. The number of sulfone groups is 1. The van der Waals surface area contributed by atoms with Crippen molar-refractivity contribution in [3.8, 4) is 23.0 Å². The van der Waals surface area contributed by atoms with Crippen molar-refractivity contribution < 1.29 is 36.2 Å². The van der Waals surface area contributed by atoms with E-state index in [2.05, 4.69) is 15.3 Å². The Morgan fingerprint density at radius 3 is 2.22 bits per heavy atom. The molecule has 0 unspecified atom stereocenters. The lowest BCUT2D eigenvalue weighted by Crippen LogP contribution is -2.13. The van der Waals surface area contributed by atoms with Crippen molar-refractivity contribution in [3.05, 3.63) is 40.8 Å². The van der Waals surface area contributed by atoms with Crippen LogP contribution in [0, 0.1) is 0 Å². The Balaban J connectivity index is 2.03. The molecule has 0 aliphatic carbocycles. The summed E-state index contributed by atoms with van der Waals surface area (Å²) in [5.41, 5.74) is -0.416. The van der Waals surface area contributed by atoms with Gasteiger partial charge in [-0.15, -0.1) is 0 Å². The number of pyridine rings is 1. The second-order valence-corrected chi connectivity index (χ2v) is 9.56. The van der Waals surface area contributed by atoms with Gasteiger partial charge in [0, 0.05) is 29.6 Å². The van der Waals surface area contributed by atoms with Crippen molar-refractivity contribution in [1.29, 1.82) is 0 Å². The number of aromatic nitrogens is 2. The van der Waals surface area contributed by atoms with Gasteiger partial charge in [0.1, 0.15) is 0 Å². The van der Waals surface area contributed by atoms with E-state index in [0.29, 0.717) is 28.5 Å². The largest absolute Gasteiger partial charge is 0.481 e. The van der Waals surface area contributed by atoms with Crippen LogP contribution in [0.1, 0.15) is 10.4 Å². The maximum Gasteiger partial charge on any atom is 0.417 e. The Labute approximate surface area is 185 Å². The molecule has 32 heavy (non-hydrogen) atoms. The lowest BCUT2D eigenvalue weighted by molar-refractivity contribution is -0.139. The molecular weight excluding hydrogens is 471 g/mol. The summed E-state index contributed by atoms with van der Waals surface area (Å²) in [7, 11) is -1.24. The fourth-order valence-corrected chi connectivity index (χ4v) is 4.59. The number of alkyl halides is 3. The van der Waals surface area contributed by atoms with Gasteiger partial charge in [-0.1, -0.05) is 11.3 Å². The highest BCUT2D eigenvalue weighted by Crippen LogP contribution is 2.38. The van der Waals surface area contributed by atoms with Crippen molar-refractivity contribution in [1.82, 2.24) is 9.97 Å². The maximum absolute atomic E-state index is 13.4. The number of hydrogen-bond donors (Lipinski definition) is 2. The van der Waals surface area contributed by atoms with Gasteiger partial charge >= 0.3 is 6.18 Å². The van der Waals surface area contributed by atoms with Crippen molar-refractivity contribution in [2.75, 3.05) is 25.8 Å². The van der Waals surface area contributed by atoms with Crippen LogP contribution in [-0.4, -0.2) is 44.0 Å². The number of hydrogen-bond acceptors (Lipinski definition) is 9. The second kappa shape index (κ2) is 8.92. The van der Waals surface area contributed by atoms with Gasteiger partial charge in [-0.3, -0.25) is 0 Å². The molecule has 0 aliphatic heterocycles. The van der Waals surface area contributed by atoms with Gasteiger partial charge in [0.25, 0.3) is 0 Å². The first-order chi connectivity index (χ1) is 15.0. The van der Waals surface area contributed by atoms with Crippen LogP contribution < -0.4 is 14.8 Å². The molecule has 0 amide bonds. The SMILES string of the molecule is COc1cc(-c2nc(Nc3ccc(S(C)(=O)=O)c(C(F)(F)F)c3)sc2CO)cc(OC)n1. The summed E-state index contributed by atoms with van der Waals surface area (Å²) >= 11 is 1.03. The number of thiazole rings is 1. The van der Waals surface area contributed by atoms with Crippen LogP contribution in [0.3, 0.4) is 0 Å². The van der Waals surface area contributed by atoms with Gasteiger partial charge in [-0.05, 0) is 18.2 Å². The number of anilines is 2. The van der Waals surface area contributed by atoms with Crippen molar-refractivity contribution >= 4 is 32.0 Å². The minimum Gasteiger partial charge on any atom is -0.481 e. The van der Waals surface area contributed by atoms with Gasteiger partial charge in [0.15, 0.2) is 15.0 Å². The molecule has 0 bridgehead atoms. The standard InChI is InChI=1S/C19H18F3N3O5S2/c1-29-15-6-10(7-16(24-15)30-2)17-13(9-26)31-18(25-17)23-11-4-5-14(32(3,27)28)12(8-11)19(20,21)22/h4-8,26H,9H2,1-3H3,(H,23,25). The zero-order valence-corrected chi connectivity index (χ0v) is 18.7. The number of aliphatic hydroxyl groups excluding tert-OH is 1. The molecule has 0 saturated heterocycles. The van der Waals surface area contributed by atoms with Gasteiger partial charge in [-0.2, -0.15) is 18.2 Å². The average molecular weight is 489 g/mol. The molecule has 0 saturated carbocycles. The summed E-state index contributed by atoms with van der Waals surface area (Å²) in [4.78, 5) is 8.07. The summed E-state index contributed by atoms with van der Waals surface area (Å²) in [6.45, 7) is -0.373. The maximum atomic E-state index is 13.4. The van der Waals surface area contributed by atoms with Crippen molar-refractivity contribution in [3.63, 3.8) is 0 Å². The molecule has 0 fully saturated rings. The van der Waals surface area contributed by atoms with E-state index in [1.165, 1.54) is 20.3 Å². The molecule has 3 aromatic rings. The van der Waals surface area contributed by atoms with E-state index in [1.54, 1.807) is 12.1 Å². The molecule has 8 nitrogen and oxygen atoms in total. The Morgan fingerprint density at radius 2 is 1.72 bits per heavy atom. The summed E-state index contributed by atoms with van der Waals surface area (Å²) < 4.78 is 74.0. The number of methoxy groups -OCH3 is 2. The van der Waals surface area contributed by atoms with E-state index >= 15 is 0 Å². The Kier molecular flexibility index (Phi) is 6.62. The predicted octanol–water partition coefficient (Wildman–Crippen LogP) is 3.88. The van der Waals surface area contributed by atoms with Crippen LogP contribution in [-0.2, 0) is 22.6 Å². The third-order valence-electron chi connectivity index (χ3n) is 4.25. The number of ether oxygens (including phenoxy) is 2. The number of nitrogens with one attached hydrogen (secondary N) is 1. The van der Waals surface area contributed by atoms with Crippen LogP contribution in [0.15, 0.2) is 35.2 Å². The van der Waals surface area contributed by atoms with E-state index in [1.807, 2.05) is 0 Å². The van der Waals surface area contributed by atoms with E-state index in [4.69, 9.17) is 9.47 Å². The van der Waals surface area contributed by atoms with Crippen LogP contribution >= 0.6 is 11.3 Å². The first-order valence-corrected chi connectivity index (χ1v) is 11.6. The van der Waals surface area contributed by atoms with Gasteiger partial charge in [-0.25, -0.2) is 13.4 Å². The van der Waals surface area contributed by atoms with Crippen molar-refractivity contribution in [2.45, 2.75) is 17.7 Å². The number of aliphatic hydroxyl groups is 1. The van der Waals surface area contributed by atoms with Crippen LogP contribution in [0.2, 0.25) is 0 Å². The molecule has 0 atom stereocenters.